The highest BCUT2D eigenvalue weighted by Crippen LogP contribution is 2.42. The summed E-state index contributed by atoms with van der Waals surface area (Å²) >= 11 is 0.854. The van der Waals surface area contributed by atoms with Crippen LogP contribution in [-0.2, 0) is 19.4 Å². The molecule has 1 fully saturated rings. The number of hydrogen-bond acceptors (Lipinski definition) is 12. The first-order valence-corrected chi connectivity index (χ1v) is 17.8. The number of aryl methyl sites for hydroxylation is 1. The normalized spacial score (nSPS) is 14.0. The van der Waals surface area contributed by atoms with Crippen molar-refractivity contribution in [2.24, 2.45) is 5.92 Å². The van der Waals surface area contributed by atoms with E-state index in [1.807, 2.05) is 11.8 Å². The van der Waals surface area contributed by atoms with Gasteiger partial charge < -0.3 is 20.3 Å². The molecule has 4 aromatic rings. The number of H-pyrrole nitrogens is 1. The van der Waals surface area contributed by atoms with Gasteiger partial charge >= 0.3 is 5.69 Å². The molecule has 2 aromatic heterocycles. The standard InChI is InChI=1S/C32H36F2N8O6S2/c1-18-15-25(40-39-18)36-29-28(48-5)30(41-13-11-19(12-14-41)16-26(43)35-4)38-31(37-29)49-24-10-9-20(17-22(24)33)50(46,47)32(2,3)21-7-6-8-23(27(21)34)42(44)45/h6-10,15,17,19H,11-14,16H2,1-5H3,(H,35,43)(H2,36,37,38,39,40). The van der Waals surface area contributed by atoms with E-state index in [-0.39, 0.29) is 27.7 Å². The van der Waals surface area contributed by atoms with Crippen LogP contribution >= 0.6 is 11.8 Å². The maximum Gasteiger partial charge on any atom is 0.305 e. The van der Waals surface area contributed by atoms with Crippen molar-refractivity contribution in [3.05, 3.63) is 75.5 Å². The van der Waals surface area contributed by atoms with Gasteiger partial charge in [0.25, 0.3) is 0 Å². The van der Waals surface area contributed by atoms with E-state index in [0.717, 1.165) is 48.5 Å². The SMILES string of the molecule is CNC(=O)CC1CCN(c2nc(Sc3ccc(S(=O)(=O)C(C)(C)c4cccc([N+](=O)[O-])c4F)cc3F)nc(Nc3cc(C)[nH]n3)c2OC)CC1. The average molecular weight is 731 g/mol. The summed E-state index contributed by atoms with van der Waals surface area (Å²) in [5, 5.41) is 24.3. The molecule has 0 unspecified atom stereocenters. The largest absolute Gasteiger partial charge is 0.490 e. The van der Waals surface area contributed by atoms with Crippen LogP contribution in [0.15, 0.2) is 57.4 Å². The molecule has 0 aliphatic carbocycles. The second kappa shape index (κ2) is 14.6. The van der Waals surface area contributed by atoms with Crippen LogP contribution in [0, 0.1) is 34.6 Å². The number of anilines is 3. The number of nitrogens with one attached hydrogen (secondary N) is 3. The number of carbonyl (C=O) groups excluding carboxylic acids is 1. The molecule has 0 atom stereocenters. The number of benzene rings is 2. The van der Waals surface area contributed by atoms with Gasteiger partial charge in [0, 0.05) is 49.9 Å². The van der Waals surface area contributed by atoms with Gasteiger partial charge in [-0.1, -0.05) is 12.1 Å². The van der Waals surface area contributed by atoms with E-state index in [1.165, 1.54) is 39.2 Å². The second-order valence-electron chi connectivity index (χ2n) is 12.2. The number of nitro groups is 1. The minimum atomic E-state index is -4.46. The summed E-state index contributed by atoms with van der Waals surface area (Å²) < 4.78 is 62.0. The summed E-state index contributed by atoms with van der Waals surface area (Å²) in [5.41, 5.74) is -0.497. The Hall–Kier alpha value is -4.84. The number of halogens is 2. The Balaban J connectivity index is 1.47. The van der Waals surface area contributed by atoms with Crippen LogP contribution in [0.5, 0.6) is 5.75 Å². The minimum Gasteiger partial charge on any atom is -0.490 e. The van der Waals surface area contributed by atoms with Crippen molar-refractivity contribution in [2.75, 3.05) is 37.5 Å². The number of amides is 1. The van der Waals surface area contributed by atoms with Gasteiger partial charge in [0.1, 0.15) is 5.82 Å². The maximum atomic E-state index is 15.7. The average Bonchev–Trinajstić information content (AvgIpc) is 3.49. The van der Waals surface area contributed by atoms with Crippen LogP contribution in [0.3, 0.4) is 0 Å². The number of carbonyl (C=O) groups is 1. The number of sulfone groups is 1. The van der Waals surface area contributed by atoms with E-state index >= 15 is 8.78 Å². The Morgan fingerprint density at radius 3 is 2.50 bits per heavy atom. The fourth-order valence-electron chi connectivity index (χ4n) is 5.66. The summed E-state index contributed by atoms with van der Waals surface area (Å²) in [6.07, 6.45) is 1.87. The molecule has 0 spiro atoms. The Morgan fingerprint density at radius 1 is 1.18 bits per heavy atom. The summed E-state index contributed by atoms with van der Waals surface area (Å²) in [4.78, 5) is 33.2. The molecule has 50 heavy (non-hydrogen) atoms. The molecule has 1 amide bonds. The highest BCUT2D eigenvalue weighted by atomic mass is 32.2. The molecule has 2 aromatic carbocycles. The highest BCUT2D eigenvalue weighted by molar-refractivity contribution is 7.99. The third-order valence-electron chi connectivity index (χ3n) is 8.56. The predicted octanol–water partition coefficient (Wildman–Crippen LogP) is 5.66. The molecule has 3 N–H and O–H groups in total. The molecule has 5 rings (SSSR count). The van der Waals surface area contributed by atoms with E-state index < -0.39 is 47.3 Å². The third-order valence-corrected chi connectivity index (χ3v) is 11.9. The summed E-state index contributed by atoms with van der Waals surface area (Å²) in [5.74, 6) is -0.525. The fraction of sp³-hybridized carbons (Fsp3) is 0.375. The lowest BCUT2D eigenvalue weighted by Crippen LogP contribution is -2.36. The number of rotatable bonds is 12. The zero-order valence-electron chi connectivity index (χ0n) is 27.9. The maximum absolute atomic E-state index is 15.7. The minimum absolute atomic E-state index is 0.00486. The Morgan fingerprint density at radius 2 is 1.90 bits per heavy atom. The first-order chi connectivity index (χ1) is 23.7. The van der Waals surface area contributed by atoms with E-state index in [2.05, 4.69) is 25.8 Å². The van der Waals surface area contributed by atoms with Crippen LogP contribution in [0.25, 0.3) is 0 Å². The Kier molecular flexibility index (Phi) is 10.6. The fourth-order valence-corrected chi connectivity index (χ4v) is 7.96. The first-order valence-electron chi connectivity index (χ1n) is 15.5. The smallest absolute Gasteiger partial charge is 0.305 e. The van der Waals surface area contributed by atoms with Crippen molar-refractivity contribution in [3.63, 3.8) is 0 Å². The van der Waals surface area contributed by atoms with Gasteiger partial charge in [0.2, 0.25) is 17.5 Å². The van der Waals surface area contributed by atoms with Crippen molar-refractivity contribution < 1.29 is 31.7 Å². The Labute approximate surface area is 291 Å². The second-order valence-corrected chi connectivity index (χ2v) is 15.7. The van der Waals surface area contributed by atoms with Crippen LogP contribution in [0.1, 0.15) is 44.4 Å². The third kappa shape index (κ3) is 7.35. The number of piperidine rings is 1. The molecule has 0 saturated carbocycles. The molecule has 0 bridgehead atoms. The molecule has 1 aliphatic heterocycles. The number of aromatic nitrogens is 4. The van der Waals surface area contributed by atoms with Crippen molar-refractivity contribution in [1.82, 2.24) is 25.5 Å². The molecule has 0 radical (unpaired) electrons. The Bertz CT molecular complexity index is 2030. The van der Waals surface area contributed by atoms with Crippen molar-refractivity contribution in [2.45, 2.75) is 59.7 Å². The number of hydrogen-bond donors (Lipinski definition) is 3. The van der Waals surface area contributed by atoms with E-state index in [4.69, 9.17) is 9.72 Å². The first kappa shape index (κ1) is 36.4. The molecular formula is C32H36F2N8O6S2. The molecule has 1 saturated heterocycles. The molecular weight excluding hydrogens is 695 g/mol. The number of nitro benzene ring substituents is 1. The van der Waals surface area contributed by atoms with Gasteiger partial charge in [-0.05, 0) is 69.5 Å². The van der Waals surface area contributed by atoms with Crippen molar-refractivity contribution >= 4 is 50.6 Å². The zero-order chi connectivity index (χ0) is 36.4. The van der Waals surface area contributed by atoms with Gasteiger partial charge in [0.05, 0.1) is 26.6 Å². The topological polar surface area (TPSA) is 185 Å². The molecule has 3 heterocycles. The lowest BCUT2D eigenvalue weighted by Gasteiger charge is -2.33. The van der Waals surface area contributed by atoms with Crippen molar-refractivity contribution in [3.8, 4) is 5.75 Å². The number of methoxy groups -OCH3 is 1. The van der Waals surface area contributed by atoms with Gasteiger partial charge in [-0.2, -0.15) is 9.49 Å². The van der Waals surface area contributed by atoms with Gasteiger partial charge in [-0.25, -0.2) is 22.8 Å². The molecule has 18 heteroatoms. The van der Waals surface area contributed by atoms with E-state index in [1.54, 1.807) is 13.1 Å². The van der Waals surface area contributed by atoms with Gasteiger partial charge in [0.15, 0.2) is 32.4 Å². The van der Waals surface area contributed by atoms with Crippen molar-refractivity contribution in [1.29, 1.82) is 0 Å². The zero-order valence-corrected chi connectivity index (χ0v) is 29.5. The number of aromatic amines is 1. The molecule has 1 aliphatic rings. The van der Waals surface area contributed by atoms with E-state index in [9.17, 15) is 23.3 Å². The van der Waals surface area contributed by atoms with Crippen LogP contribution in [0.2, 0.25) is 0 Å². The number of ether oxygens (including phenoxy) is 1. The lowest BCUT2D eigenvalue weighted by molar-refractivity contribution is -0.387. The van der Waals surface area contributed by atoms with Crippen LogP contribution < -0.4 is 20.3 Å². The highest BCUT2D eigenvalue weighted by Gasteiger charge is 2.41. The van der Waals surface area contributed by atoms with Gasteiger partial charge in [-0.15, -0.1) is 0 Å². The predicted molar refractivity (Wildman–Crippen MR) is 183 cm³/mol. The lowest BCUT2D eigenvalue weighted by atomic mass is 9.93. The van der Waals surface area contributed by atoms with Crippen LogP contribution in [-0.4, -0.2) is 66.7 Å². The number of nitrogens with zero attached hydrogens (tertiary/aromatic N) is 5. The summed E-state index contributed by atoms with van der Waals surface area (Å²) in [7, 11) is -1.38. The molecule has 14 nitrogen and oxygen atoms in total. The molecule has 266 valence electrons. The quantitative estimate of drug-likeness (QED) is 0.0925. The summed E-state index contributed by atoms with van der Waals surface area (Å²) in [6, 6.07) is 8.31. The summed E-state index contributed by atoms with van der Waals surface area (Å²) in [6.45, 7) is 5.38. The van der Waals surface area contributed by atoms with Crippen LogP contribution in [0.4, 0.5) is 31.9 Å². The van der Waals surface area contributed by atoms with E-state index in [0.29, 0.717) is 36.9 Å². The van der Waals surface area contributed by atoms with Gasteiger partial charge in [-0.3, -0.25) is 20.0 Å². The monoisotopic (exact) mass is 730 g/mol.